The minimum Gasteiger partial charge on any atom is -0.455 e. The fourth-order valence-corrected chi connectivity index (χ4v) is 9.78. The van der Waals surface area contributed by atoms with Gasteiger partial charge in [0.2, 0.25) is 0 Å². The van der Waals surface area contributed by atoms with E-state index in [2.05, 4.69) is 156 Å². The number of para-hydroxylation sites is 2. The summed E-state index contributed by atoms with van der Waals surface area (Å²) >= 11 is 18.3. The Morgan fingerprint density at radius 3 is 1.47 bits per heavy atom. The van der Waals surface area contributed by atoms with Crippen LogP contribution >= 0.6 is 61.5 Å². The van der Waals surface area contributed by atoms with E-state index in [4.69, 9.17) is 39.8 Å². The first-order valence-corrected chi connectivity index (χ1v) is 21.5. The van der Waals surface area contributed by atoms with Crippen LogP contribution in [0.1, 0.15) is 49.9 Å². The number of fused-ring (bicyclic) bond motifs is 14. The molecular formula is C48H33B4BrCl2IO2V2. The molecule has 0 atom stereocenters. The summed E-state index contributed by atoms with van der Waals surface area (Å²) in [7, 11) is 12.7. The zero-order valence-electron chi connectivity index (χ0n) is 33.2. The van der Waals surface area contributed by atoms with E-state index < -0.39 is 0 Å². The van der Waals surface area contributed by atoms with Crippen LogP contribution in [0.3, 0.4) is 0 Å². The predicted octanol–water partition coefficient (Wildman–Crippen LogP) is 14.9. The van der Waals surface area contributed by atoms with Gasteiger partial charge in [-0.2, -0.15) is 22.4 Å². The van der Waals surface area contributed by atoms with Crippen LogP contribution in [-0.4, -0.2) is 28.2 Å². The summed E-state index contributed by atoms with van der Waals surface area (Å²) in [6.07, 6.45) is 0. The van der Waals surface area contributed by atoms with Crippen LogP contribution in [0.5, 0.6) is 0 Å². The van der Waals surface area contributed by atoms with E-state index in [1.54, 1.807) is 0 Å². The molecule has 9 radical (unpaired) electrons. The second-order valence-corrected chi connectivity index (χ2v) is 17.8. The smallest absolute Gasteiger partial charge is 0.150 e. The molecule has 2 aromatic heterocycles. The molecular weight excluding hydrogens is 1030 g/mol. The van der Waals surface area contributed by atoms with E-state index in [9.17, 15) is 0 Å². The van der Waals surface area contributed by atoms with Crippen LogP contribution in [0.4, 0.5) is 0 Å². The molecule has 2 nitrogen and oxygen atoms in total. The molecule has 7 aromatic carbocycles. The second kappa shape index (κ2) is 18.6. The predicted molar refractivity (Wildman–Crippen MR) is 263 cm³/mol. The first-order valence-electron chi connectivity index (χ1n) is 18.7. The van der Waals surface area contributed by atoms with Gasteiger partial charge in [0.05, 0.1) is 4.47 Å². The van der Waals surface area contributed by atoms with Crippen molar-refractivity contribution >= 4 is 134 Å². The fourth-order valence-electron chi connectivity index (χ4n) is 8.93. The number of benzene rings is 7. The van der Waals surface area contributed by atoms with Gasteiger partial charge in [0.15, 0.2) is 0 Å². The van der Waals surface area contributed by atoms with E-state index in [1.807, 2.05) is 52.7 Å². The fraction of sp³-hybridized carbons (Fsp3) is 0.125. The van der Waals surface area contributed by atoms with Crippen LogP contribution in [0, 0.1) is 0 Å². The second-order valence-electron chi connectivity index (χ2n) is 15.4. The Bertz CT molecular complexity index is 3040. The number of hydrogen-bond acceptors (Lipinski definition) is 2. The Morgan fingerprint density at radius 1 is 0.550 bits per heavy atom. The molecule has 0 N–H and O–H groups in total. The summed E-state index contributed by atoms with van der Waals surface area (Å²) in [4.78, 5) is 0. The van der Waals surface area contributed by atoms with Gasteiger partial charge in [-0.3, -0.25) is 0 Å². The standard InChI is InChI=1S/C27H19ClO.C21H14BrClO.B2I.B2.2V/c1-27(2)21-14-17(28)12-13-18(21)24-22(27)15-20(16-8-4-3-5-9-16)26-25(24)19-10-6-7-11-23(19)29-26;1-21(2)14-9-11(23)7-8-12(14)18-15(21)10-16(22)20-19(18)13-5-3-4-6-17(13)24-20;1-2-3;1-2;;/h3-15H,1-2H3;3-10H,1-2H3;;;;. The summed E-state index contributed by atoms with van der Waals surface area (Å²) in [5.41, 5.74) is 16.0. The molecule has 0 amide bonds. The van der Waals surface area contributed by atoms with Gasteiger partial charge in [-0.25, -0.2) is 0 Å². The Labute approximate surface area is 411 Å². The van der Waals surface area contributed by atoms with Gasteiger partial charge in [0.1, 0.15) is 27.4 Å². The first-order chi connectivity index (χ1) is 27.9. The van der Waals surface area contributed by atoms with Crippen LogP contribution in [0.15, 0.2) is 141 Å². The van der Waals surface area contributed by atoms with Crippen molar-refractivity contribution in [3.05, 3.63) is 164 Å². The third kappa shape index (κ3) is 7.74. The normalized spacial score (nSPS) is 13.2. The zero-order chi connectivity index (χ0) is 41.1. The summed E-state index contributed by atoms with van der Waals surface area (Å²) in [5.74, 6) is 0. The largest absolute Gasteiger partial charge is 0.455 e. The topological polar surface area (TPSA) is 26.3 Å². The average Bonchev–Trinajstić information content (AvgIpc) is 3.93. The van der Waals surface area contributed by atoms with Crippen molar-refractivity contribution in [2.24, 2.45) is 0 Å². The number of halogens is 4. The Hall–Kier alpha value is -2.64. The monoisotopic (exact) mass is 1060 g/mol. The van der Waals surface area contributed by atoms with Crippen molar-refractivity contribution in [2.45, 2.75) is 38.5 Å². The molecule has 0 unspecified atom stereocenters. The average molecular weight is 1060 g/mol. The summed E-state index contributed by atoms with van der Waals surface area (Å²) in [6, 6.07) is 44.1. The zero-order valence-corrected chi connectivity index (χ0v) is 41.2. The van der Waals surface area contributed by atoms with E-state index >= 15 is 0 Å². The molecule has 0 spiro atoms. The van der Waals surface area contributed by atoms with Crippen molar-refractivity contribution in [3.8, 4) is 33.4 Å². The quantitative estimate of drug-likeness (QED) is 0.121. The summed E-state index contributed by atoms with van der Waals surface area (Å²) < 4.78 is 13.6. The summed E-state index contributed by atoms with van der Waals surface area (Å²) in [6.45, 7) is 9.09. The number of furan rings is 2. The van der Waals surface area contributed by atoms with E-state index in [1.165, 1.54) is 65.9 Å². The third-order valence-electron chi connectivity index (χ3n) is 11.5. The van der Waals surface area contributed by atoms with Crippen molar-refractivity contribution in [2.75, 3.05) is 0 Å². The summed E-state index contributed by atoms with van der Waals surface area (Å²) in [5, 5.41) is 7.73. The minimum absolute atomic E-state index is 0. The van der Waals surface area contributed by atoms with Crippen molar-refractivity contribution in [1.82, 2.24) is 0 Å². The molecule has 9 aromatic rings. The molecule has 60 heavy (non-hydrogen) atoms. The molecule has 11 rings (SSSR count). The number of hydrogen-bond donors (Lipinski definition) is 0. The maximum absolute atomic E-state index is 6.44. The van der Waals surface area contributed by atoms with Gasteiger partial charge in [0, 0.05) is 108 Å². The molecule has 0 fully saturated rings. The van der Waals surface area contributed by atoms with Gasteiger partial charge in [0.25, 0.3) is 0 Å². The first kappa shape index (κ1) is 46.9. The van der Waals surface area contributed by atoms with Gasteiger partial charge >= 0.3 is 0 Å². The molecule has 0 aliphatic heterocycles. The van der Waals surface area contributed by atoms with Gasteiger partial charge < -0.3 is 8.83 Å². The Kier molecular flexibility index (Phi) is 14.5. The third-order valence-corrected chi connectivity index (χ3v) is 12.6. The minimum atomic E-state index is -0.133. The molecule has 2 aliphatic rings. The van der Waals surface area contributed by atoms with Crippen LogP contribution in [0.2, 0.25) is 10.0 Å². The Balaban J connectivity index is 0.000000179. The maximum atomic E-state index is 6.44. The molecule has 0 bridgehead atoms. The molecule has 2 aliphatic carbocycles. The molecule has 0 saturated heterocycles. The molecule has 0 saturated carbocycles. The van der Waals surface area contributed by atoms with Crippen LogP contribution in [-0.2, 0) is 47.9 Å². The molecule has 2 heterocycles. The van der Waals surface area contributed by atoms with Gasteiger partial charge in [-0.15, -0.1) is 0 Å². The van der Waals surface area contributed by atoms with Crippen LogP contribution in [0.25, 0.3) is 77.3 Å². The maximum Gasteiger partial charge on any atom is 0.150 e. The van der Waals surface area contributed by atoms with Crippen molar-refractivity contribution < 1.29 is 45.9 Å². The van der Waals surface area contributed by atoms with E-state index in [-0.39, 0.29) is 47.9 Å². The molecule has 287 valence electrons. The van der Waals surface area contributed by atoms with Gasteiger partial charge in [-0.05, 0) is 115 Å². The number of rotatable bonds is 1. The SMILES string of the molecule is CC1(C)c2cc(Cl)ccc2-c2c1cc(-c1ccccc1)c1oc3ccccc3c21.CC1(C)c2cc(Cl)ccc2-c2c1cc(Br)c1oc3ccccc3c21.[B][B].[B][B]I.[V].[V]. The van der Waals surface area contributed by atoms with E-state index in [0.29, 0.717) is 0 Å². The molecule has 12 heteroatoms. The van der Waals surface area contributed by atoms with Gasteiger partial charge in [-0.1, -0.05) is 130 Å². The van der Waals surface area contributed by atoms with Crippen molar-refractivity contribution in [1.29, 1.82) is 0 Å². The van der Waals surface area contributed by atoms with Crippen molar-refractivity contribution in [3.63, 3.8) is 0 Å². The van der Waals surface area contributed by atoms with E-state index in [0.717, 1.165) is 53.2 Å². The Morgan fingerprint density at radius 2 is 0.967 bits per heavy atom. The van der Waals surface area contributed by atoms with Crippen LogP contribution < -0.4 is 0 Å².